The number of pyridine rings is 1. The fourth-order valence-corrected chi connectivity index (χ4v) is 3.74. The van der Waals surface area contributed by atoms with Crippen LogP contribution >= 0.6 is 11.3 Å². The molecule has 1 aliphatic carbocycles. The highest BCUT2D eigenvalue weighted by atomic mass is 32.1. The molecule has 0 atom stereocenters. The first-order valence-corrected chi connectivity index (χ1v) is 8.97. The number of fused-ring (bicyclic) bond motifs is 1. The Morgan fingerprint density at radius 2 is 1.83 bits per heavy atom. The Kier molecular flexibility index (Phi) is 4.09. The maximum Gasteiger partial charge on any atom is 0.257 e. The zero-order valence-electron chi connectivity index (χ0n) is 13.2. The number of hydrogen-bond acceptors (Lipinski definition) is 4. The maximum atomic E-state index is 12.2. The number of thiazole rings is 1. The van der Waals surface area contributed by atoms with Gasteiger partial charge in [-0.2, -0.15) is 0 Å². The van der Waals surface area contributed by atoms with Crippen LogP contribution in [0.3, 0.4) is 0 Å². The van der Waals surface area contributed by atoms with Gasteiger partial charge in [0, 0.05) is 28.9 Å². The van der Waals surface area contributed by atoms with E-state index in [1.54, 1.807) is 24.5 Å². The summed E-state index contributed by atoms with van der Waals surface area (Å²) in [7, 11) is 0. The average Bonchev–Trinajstić information content (AvgIpc) is 3.10. The molecule has 1 N–H and O–H groups in total. The van der Waals surface area contributed by atoms with Crippen molar-refractivity contribution >= 4 is 22.4 Å². The number of nitrogens with zero attached hydrogens (tertiary/aromatic N) is 2. The molecule has 5 heteroatoms. The molecule has 1 aromatic carbocycles. The minimum absolute atomic E-state index is 0.163. The Hall–Kier alpha value is -2.53. The summed E-state index contributed by atoms with van der Waals surface area (Å²) in [6.07, 6.45) is 8.10. The van der Waals surface area contributed by atoms with Crippen LogP contribution in [-0.4, -0.2) is 15.9 Å². The maximum absolute atomic E-state index is 12.2. The molecule has 4 rings (SSSR count). The van der Waals surface area contributed by atoms with Crippen LogP contribution in [0.4, 0.5) is 5.13 Å². The van der Waals surface area contributed by atoms with Crippen molar-refractivity contribution < 1.29 is 4.79 Å². The van der Waals surface area contributed by atoms with Gasteiger partial charge in [-0.25, -0.2) is 4.98 Å². The summed E-state index contributed by atoms with van der Waals surface area (Å²) >= 11 is 1.45. The highest BCUT2D eigenvalue weighted by molar-refractivity contribution is 7.14. The van der Waals surface area contributed by atoms with Gasteiger partial charge >= 0.3 is 0 Å². The monoisotopic (exact) mass is 335 g/mol. The Morgan fingerprint density at radius 3 is 2.67 bits per heavy atom. The van der Waals surface area contributed by atoms with Crippen LogP contribution in [-0.2, 0) is 12.8 Å². The summed E-state index contributed by atoms with van der Waals surface area (Å²) in [6, 6.07) is 9.98. The molecule has 0 saturated heterocycles. The van der Waals surface area contributed by atoms with E-state index in [1.165, 1.54) is 41.7 Å². The number of benzene rings is 1. The smallest absolute Gasteiger partial charge is 0.257 e. The van der Waals surface area contributed by atoms with Gasteiger partial charge in [-0.15, -0.1) is 11.3 Å². The second-order valence-electron chi connectivity index (χ2n) is 5.92. The average molecular weight is 335 g/mol. The number of nitrogens with one attached hydrogen (secondary N) is 1. The van der Waals surface area contributed by atoms with Crippen LogP contribution in [0.5, 0.6) is 0 Å². The van der Waals surface area contributed by atoms with Gasteiger partial charge in [-0.3, -0.25) is 15.1 Å². The molecule has 1 amide bonds. The number of rotatable bonds is 3. The molecule has 0 fully saturated rings. The van der Waals surface area contributed by atoms with Crippen molar-refractivity contribution in [2.45, 2.75) is 25.7 Å². The normalized spacial score (nSPS) is 13.3. The predicted molar refractivity (Wildman–Crippen MR) is 96.4 cm³/mol. The van der Waals surface area contributed by atoms with Crippen LogP contribution in [0.1, 0.15) is 34.3 Å². The molecule has 1 aliphatic rings. The summed E-state index contributed by atoms with van der Waals surface area (Å²) < 4.78 is 0. The molecule has 2 aromatic heterocycles. The number of hydrogen-bond donors (Lipinski definition) is 1. The van der Waals surface area contributed by atoms with Crippen LogP contribution in [0.25, 0.3) is 11.3 Å². The van der Waals surface area contributed by atoms with E-state index in [9.17, 15) is 4.79 Å². The highest BCUT2D eigenvalue weighted by Gasteiger charge is 2.13. The van der Waals surface area contributed by atoms with E-state index in [1.807, 2.05) is 5.38 Å². The Morgan fingerprint density at radius 1 is 1.04 bits per heavy atom. The van der Waals surface area contributed by atoms with Crippen molar-refractivity contribution in [2.24, 2.45) is 0 Å². The summed E-state index contributed by atoms with van der Waals surface area (Å²) in [5.74, 6) is -0.163. The lowest BCUT2D eigenvalue weighted by molar-refractivity contribution is 0.102. The van der Waals surface area contributed by atoms with E-state index in [2.05, 4.69) is 33.5 Å². The van der Waals surface area contributed by atoms with Gasteiger partial charge < -0.3 is 0 Å². The number of carbonyl (C=O) groups excluding carboxylic acids is 1. The molecule has 0 aliphatic heterocycles. The Labute approximate surface area is 144 Å². The molecule has 24 heavy (non-hydrogen) atoms. The van der Waals surface area contributed by atoms with E-state index >= 15 is 0 Å². The van der Waals surface area contributed by atoms with Crippen molar-refractivity contribution in [3.8, 4) is 11.3 Å². The first-order valence-electron chi connectivity index (χ1n) is 8.09. The molecule has 0 radical (unpaired) electrons. The third-order valence-corrected chi connectivity index (χ3v) is 5.07. The third-order valence-electron chi connectivity index (χ3n) is 4.31. The van der Waals surface area contributed by atoms with Gasteiger partial charge in [0.25, 0.3) is 5.91 Å². The lowest BCUT2D eigenvalue weighted by Gasteiger charge is -2.16. The lowest BCUT2D eigenvalue weighted by Crippen LogP contribution is -2.11. The van der Waals surface area contributed by atoms with E-state index in [4.69, 9.17) is 0 Å². The number of anilines is 1. The zero-order valence-corrected chi connectivity index (χ0v) is 14.0. The van der Waals surface area contributed by atoms with Crippen LogP contribution in [0, 0.1) is 0 Å². The summed E-state index contributed by atoms with van der Waals surface area (Å²) in [6.45, 7) is 0. The van der Waals surface area contributed by atoms with E-state index in [0.717, 1.165) is 17.7 Å². The molecule has 0 spiro atoms. The molecular weight excluding hydrogens is 318 g/mol. The molecule has 2 heterocycles. The molecule has 0 unspecified atom stereocenters. The van der Waals surface area contributed by atoms with Crippen molar-refractivity contribution in [1.82, 2.24) is 9.97 Å². The van der Waals surface area contributed by atoms with Crippen LogP contribution < -0.4 is 5.32 Å². The van der Waals surface area contributed by atoms with E-state index in [0.29, 0.717) is 10.7 Å². The van der Waals surface area contributed by atoms with Crippen molar-refractivity contribution in [1.29, 1.82) is 0 Å². The van der Waals surface area contributed by atoms with Gasteiger partial charge in [0.05, 0.1) is 5.69 Å². The fraction of sp³-hybridized carbons (Fsp3) is 0.211. The first kappa shape index (κ1) is 15.0. The van der Waals surface area contributed by atoms with Crippen molar-refractivity contribution in [2.75, 3.05) is 5.32 Å². The molecular formula is C19H17N3OS. The third kappa shape index (κ3) is 3.08. The largest absolute Gasteiger partial charge is 0.298 e. The summed E-state index contributed by atoms with van der Waals surface area (Å²) in [5.41, 5.74) is 5.52. The van der Waals surface area contributed by atoms with E-state index in [-0.39, 0.29) is 5.91 Å². The molecule has 0 bridgehead atoms. The second kappa shape index (κ2) is 6.53. The minimum Gasteiger partial charge on any atom is -0.298 e. The van der Waals surface area contributed by atoms with Gasteiger partial charge in [-0.1, -0.05) is 12.1 Å². The Bertz CT molecular complexity index is 873. The Balaban J connectivity index is 1.53. The summed E-state index contributed by atoms with van der Waals surface area (Å²) in [5, 5.41) is 5.46. The number of aryl methyl sites for hydroxylation is 2. The van der Waals surface area contributed by atoms with Gasteiger partial charge in [-0.05, 0) is 55.0 Å². The van der Waals surface area contributed by atoms with Gasteiger partial charge in [0.2, 0.25) is 0 Å². The van der Waals surface area contributed by atoms with Crippen molar-refractivity contribution in [3.05, 3.63) is 64.8 Å². The van der Waals surface area contributed by atoms with Gasteiger partial charge in [0.15, 0.2) is 5.13 Å². The second-order valence-corrected chi connectivity index (χ2v) is 6.78. The van der Waals surface area contributed by atoms with E-state index < -0.39 is 0 Å². The SMILES string of the molecule is O=C(Nc1nc(-c2ccc3c(c2)CCCC3)cs1)c1ccncc1. The topological polar surface area (TPSA) is 54.9 Å². The van der Waals surface area contributed by atoms with Gasteiger partial charge in [0.1, 0.15) is 0 Å². The first-order chi connectivity index (χ1) is 11.8. The fourth-order valence-electron chi connectivity index (χ4n) is 3.03. The number of carbonyl (C=O) groups is 1. The molecule has 120 valence electrons. The molecule has 3 aromatic rings. The van der Waals surface area contributed by atoms with Crippen LogP contribution in [0.2, 0.25) is 0 Å². The molecule has 4 nitrogen and oxygen atoms in total. The highest BCUT2D eigenvalue weighted by Crippen LogP contribution is 2.29. The van der Waals surface area contributed by atoms with Crippen molar-refractivity contribution in [3.63, 3.8) is 0 Å². The quantitative estimate of drug-likeness (QED) is 0.775. The molecule has 0 saturated carbocycles. The predicted octanol–water partition coefficient (Wildman–Crippen LogP) is 4.34. The minimum atomic E-state index is -0.163. The van der Waals surface area contributed by atoms with Crippen LogP contribution in [0.15, 0.2) is 48.1 Å². The standard InChI is InChI=1S/C19H17N3OS/c23-18(14-7-9-20-10-8-14)22-19-21-17(12-24-19)16-6-5-13-3-1-2-4-15(13)11-16/h5-12H,1-4H2,(H,21,22,23). The zero-order chi connectivity index (χ0) is 16.4. The lowest BCUT2D eigenvalue weighted by atomic mass is 9.90. The summed E-state index contributed by atoms with van der Waals surface area (Å²) in [4.78, 5) is 20.7. The number of aromatic nitrogens is 2. The number of amides is 1.